The van der Waals surface area contributed by atoms with Crippen LogP contribution < -0.4 is 5.32 Å². The van der Waals surface area contributed by atoms with Crippen LogP contribution in [0.4, 0.5) is 0 Å². The fourth-order valence-corrected chi connectivity index (χ4v) is 2.96. The molecule has 1 unspecified atom stereocenters. The number of hydrogen-bond acceptors (Lipinski definition) is 3. The molecule has 86 valence electrons. The Balaban J connectivity index is 1.93. The average Bonchev–Trinajstić information content (AvgIpc) is 2.79. The molecule has 1 fully saturated rings. The molecule has 1 aromatic carbocycles. The van der Waals surface area contributed by atoms with Gasteiger partial charge in [0, 0.05) is 18.3 Å². The Hall–Kier alpha value is -1.00. The summed E-state index contributed by atoms with van der Waals surface area (Å²) in [7, 11) is 0. The van der Waals surface area contributed by atoms with Crippen LogP contribution in [0.5, 0.6) is 0 Å². The number of carboxylic acid groups (broad SMARTS) is 1. The summed E-state index contributed by atoms with van der Waals surface area (Å²) in [6.07, 6.45) is 1.21. The zero-order chi connectivity index (χ0) is 11.4. The predicted molar refractivity (Wildman–Crippen MR) is 66.0 cm³/mol. The van der Waals surface area contributed by atoms with Crippen LogP contribution in [0.3, 0.4) is 0 Å². The Morgan fingerprint density at radius 2 is 2.44 bits per heavy atom. The van der Waals surface area contributed by atoms with Crippen molar-refractivity contribution >= 4 is 17.7 Å². The Bertz CT molecular complexity index is 375. The molecule has 16 heavy (non-hydrogen) atoms. The molecule has 0 radical (unpaired) electrons. The molecule has 2 N–H and O–H groups in total. The van der Waals surface area contributed by atoms with Crippen molar-refractivity contribution in [3.05, 3.63) is 35.4 Å². The highest BCUT2D eigenvalue weighted by Gasteiger charge is 2.14. The van der Waals surface area contributed by atoms with Crippen molar-refractivity contribution < 1.29 is 9.90 Å². The molecule has 0 saturated carbocycles. The van der Waals surface area contributed by atoms with Crippen molar-refractivity contribution in [3.8, 4) is 0 Å². The van der Waals surface area contributed by atoms with Gasteiger partial charge in [-0.15, -0.1) is 0 Å². The number of hydrogen-bond donors (Lipinski definition) is 2. The first-order chi connectivity index (χ1) is 7.75. The van der Waals surface area contributed by atoms with Gasteiger partial charge >= 0.3 is 5.97 Å². The third-order valence-electron chi connectivity index (χ3n) is 2.70. The van der Waals surface area contributed by atoms with E-state index >= 15 is 0 Å². The van der Waals surface area contributed by atoms with Crippen LogP contribution in [0.25, 0.3) is 0 Å². The third kappa shape index (κ3) is 3.00. The fourth-order valence-electron chi connectivity index (χ4n) is 1.77. The van der Waals surface area contributed by atoms with Crippen LogP contribution in [0.15, 0.2) is 24.3 Å². The van der Waals surface area contributed by atoms with Crippen molar-refractivity contribution in [1.82, 2.24) is 5.32 Å². The zero-order valence-corrected chi connectivity index (χ0v) is 9.80. The number of benzene rings is 1. The van der Waals surface area contributed by atoms with Crippen LogP contribution in [0.2, 0.25) is 0 Å². The highest BCUT2D eigenvalue weighted by Crippen LogP contribution is 2.17. The fraction of sp³-hybridized carbons (Fsp3) is 0.417. The summed E-state index contributed by atoms with van der Waals surface area (Å²) in [5.74, 6) is 1.53. The quantitative estimate of drug-likeness (QED) is 0.840. The molecule has 1 saturated heterocycles. The first-order valence-electron chi connectivity index (χ1n) is 5.39. The minimum atomic E-state index is -0.863. The highest BCUT2D eigenvalue weighted by atomic mass is 32.2. The smallest absolute Gasteiger partial charge is 0.335 e. The van der Waals surface area contributed by atoms with E-state index in [1.807, 2.05) is 17.8 Å². The van der Waals surface area contributed by atoms with E-state index in [0.29, 0.717) is 11.6 Å². The topological polar surface area (TPSA) is 49.3 Å². The maximum Gasteiger partial charge on any atom is 0.335 e. The van der Waals surface area contributed by atoms with Crippen molar-refractivity contribution in [3.63, 3.8) is 0 Å². The lowest BCUT2D eigenvalue weighted by Gasteiger charge is -2.11. The number of carbonyl (C=O) groups is 1. The molecule has 1 heterocycles. The second-order valence-corrected chi connectivity index (χ2v) is 5.10. The molecular formula is C12H15NO2S. The number of thioether (sulfide) groups is 1. The highest BCUT2D eigenvalue weighted by molar-refractivity contribution is 7.99. The van der Waals surface area contributed by atoms with Gasteiger partial charge in [-0.25, -0.2) is 4.79 Å². The van der Waals surface area contributed by atoms with Gasteiger partial charge in [-0.2, -0.15) is 11.8 Å². The van der Waals surface area contributed by atoms with E-state index in [1.54, 1.807) is 18.2 Å². The van der Waals surface area contributed by atoms with Gasteiger partial charge in [-0.3, -0.25) is 0 Å². The van der Waals surface area contributed by atoms with E-state index in [1.165, 1.54) is 17.9 Å². The Morgan fingerprint density at radius 1 is 1.56 bits per heavy atom. The summed E-state index contributed by atoms with van der Waals surface area (Å²) >= 11 is 1.97. The second-order valence-electron chi connectivity index (χ2n) is 3.95. The van der Waals surface area contributed by atoms with E-state index in [9.17, 15) is 4.79 Å². The lowest BCUT2D eigenvalue weighted by molar-refractivity contribution is 0.0697. The van der Waals surface area contributed by atoms with Gasteiger partial charge in [0.05, 0.1) is 5.56 Å². The Morgan fingerprint density at radius 3 is 3.12 bits per heavy atom. The van der Waals surface area contributed by atoms with E-state index in [4.69, 9.17) is 5.11 Å². The van der Waals surface area contributed by atoms with Crippen LogP contribution in [0.1, 0.15) is 22.3 Å². The number of nitrogens with one attached hydrogen (secondary N) is 1. The third-order valence-corrected chi connectivity index (χ3v) is 3.86. The average molecular weight is 237 g/mol. The summed E-state index contributed by atoms with van der Waals surface area (Å²) < 4.78 is 0. The lowest BCUT2D eigenvalue weighted by atomic mass is 10.1. The molecule has 0 amide bonds. The minimum Gasteiger partial charge on any atom is -0.478 e. The Kier molecular flexibility index (Phi) is 3.85. The standard InChI is InChI=1S/C12H15NO2S/c14-12(15)10-3-1-2-9(6-10)7-13-11-4-5-16-8-11/h1-3,6,11,13H,4-5,7-8H2,(H,14,15). The maximum absolute atomic E-state index is 10.8. The lowest BCUT2D eigenvalue weighted by Crippen LogP contribution is -2.27. The molecule has 1 aliphatic rings. The molecule has 1 atom stereocenters. The molecular weight excluding hydrogens is 222 g/mol. The molecule has 2 rings (SSSR count). The zero-order valence-electron chi connectivity index (χ0n) is 8.98. The van der Waals surface area contributed by atoms with Gasteiger partial charge in [0.25, 0.3) is 0 Å². The van der Waals surface area contributed by atoms with Gasteiger partial charge in [0.15, 0.2) is 0 Å². The van der Waals surface area contributed by atoms with Crippen LogP contribution >= 0.6 is 11.8 Å². The van der Waals surface area contributed by atoms with Crippen molar-refractivity contribution in [2.24, 2.45) is 0 Å². The monoisotopic (exact) mass is 237 g/mol. The molecule has 0 bridgehead atoms. The molecule has 1 aromatic rings. The SMILES string of the molecule is O=C(O)c1cccc(CNC2CCSC2)c1. The maximum atomic E-state index is 10.8. The molecule has 1 aliphatic heterocycles. The summed E-state index contributed by atoms with van der Waals surface area (Å²) in [5, 5.41) is 12.3. The van der Waals surface area contributed by atoms with E-state index in [-0.39, 0.29) is 0 Å². The number of aromatic carboxylic acids is 1. The van der Waals surface area contributed by atoms with Crippen LogP contribution in [-0.2, 0) is 6.54 Å². The minimum absolute atomic E-state index is 0.361. The first-order valence-corrected chi connectivity index (χ1v) is 6.54. The van der Waals surface area contributed by atoms with Gasteiger partial charge in [0.1, 0.15) is 0 Å². The predicted octanol–water partition coefficient (Wildman–Crippen LogP) is 1.98. The number of carboxylic acids is 1. The van der Waals surface area contributed by atoms with Gasteiger partial charge in [0.2, 0.25) is 0 Å². The molecule has 3 nitrogen and oxygen atoms in total. The molecule has 0 spiro atoms. The van der Waals surface area contributed by atoms with Gasteiger partial charge in [-0.05, 0) is 29.9 Å². The summed E-state index contributed by atoms with van der Waals surface area (Å²) in [6, 6.07) is 7.69. The van der Waals surface area contributed by atoms with E-state index in [0.717, 1.165) is 12.1 Å². The molecule has 4 heteroatoms. The summed E-state index contributed by atoms with van der Waals surface area (Å²) in [5.41, 5.74) is 1.40. The van der Waals surface area contributed by atoms with Crippen LogP contribution in [0, 0.1) is 0 Å². The molecule has 0 aliphatic carbocycles. The Labute approximate surface area is 99.2 Å². The second kappa shape index (κ2) is 5.37. The van der Waals surface area contributed by atoms with Crippen molar-refractivity contribution in [2.45, 2.75) is 19.0 Å². The molecule has 0 aromatic heterocycles. The first kappa shape index (κ1) is 11.5. The van der Waals surface area contributed by atoms with Crippen LogP contribution in [-0.4, -0.2) is 28.6 Å². The normalized spacial score (nSPS) is 19.9. The van der Waals surface area contributed by atoms with Crippen molar-refractivity contribution in [2.75, 3.05) is 11.5 Å². The summed E-state index contributed by atoms with van der Waals surface area (Å²) in [6.45, 7) is 0.756. The van der Waals surface area contributed by atoms with Gasteiger partial charge in [-0.1, -0.05) is 12.1 Å². The largest absolute Gasteiger partial charge is 0.478 e. The summed E-state index contributed by atoms with van der Waals surface area (Å²) in [4.78, 5) is 10.8. The van der Waals surface area contributed by atoms with E-state index < -0.39 is 5.97 Å². The van der Waals surface area contributed by atoms with Gasteiger partial charge < -0.3 is 10.4 Å². The number of rotatable bonds is 4. The van der Waals surface area contributed by atoms with Crippen molar-refractivity contribution in [1.29, 1.82) is 0 Å². The van der Waals surface area contributed by atoms with E-state index in [2.05, 4.69) is 5.32 Å².